The Kier molecular flexibility index (Phi) is 5.38. The third-order valence-electron chi connectivity index (χ3n) is 3.63. The molecule has 1 aliphatic heterocycles. The van der Waals surface area contributed by atoms with Crippen LogP contribution < -0.4 is 10.1 Å². The van der Waals surface area contributed by atoms with E-state index in [1.54, 1.807) is 30.3 Å². The average molecular weight is 368 g/mol. The molecule has 3 rings (SSSR count). The minimum absolute atomic E-state index is 0.301. The van der Waals surface area contributed by atoms with E-state index in [1.165, 1.54) is 7.11 Å². The minimum Gasteiger partial charge on any atom is -0.497 e. The maximum absolute atomic E-state index is 12.4. The highest BCUT2D eigenvalue weighted by molar-refractivity contribution is 8.18. The lowest BCUT2D eigenvalue weighted by Crippen LogP contribution is -2.36. The molecule has 2 aromatic rings. The fourth-order valence-corrected chi connectivity index (χ4v) is 3.22. The van der Waals surface area contributed by atoms with Crippen LogP contribution in [-0.4, -0.2) is 35.6 Å². The lowest BCUT2D eigenvalue weighted by atomic mass is 10.2. The minimum atomic E-state index is -0.468. The number of methoxy groups -OCH3 is 1. The fraction of sp³-hybridized carbons (Fsp3) is 0.105. The van der Waals surface area contributed by atoms with Crippen molar-refractivity contribution in [2.24, 2.45) is 0 Å². The van der Waals surface area contributed by atoms with Gasteiger partial charge in [0.1, 0.15) is 12.3 Å². The molecule has 0 spiro atoms. The fourth-order valence-electron chi connectivity index (χ4n) is 2.38. The monoisotopic (exact) mass is 368 g/mol. The van der Waals surface area contributed by atoms with Crippen molar-refractivity contribution in [3.63, 3.8) is 0 Å². The molecule has 0 aliphatic carbocycles. The number of nitrogens with one attached hydrogen (secondary N) is 1. The van der Waals surface area contributed by atoms with Crippen molar-refractivity contribution in [1.82, 2.24) is 4.90 Å². The van der Waals surface area contributed by atoms with Gasteiger partial charge in [-0.25, -0.2) is 0 Å². The van der Waals surface area contributed by atoms with Gasteiger partial charge < -0.3 is 10.1 Å². The zero-order valence-electron chi connectivity index (χ0n) is 14.0. The number of hydrogen-bond donors (Lipinski definition) is 1. The molecular formula is C19H16N2O4S. The maximum Gasteiger partial charge on any atom is 0.294 e. The van der Waals surface area contributed by atoms with Gasteiger partial charge in [-0.3, -0.25) is 19.3 Å². The molecule has 0 unspecified atom stereocenters. The Hall–Kier alpha value is -3.06. The van der Waals surface area contributed by atoms with Gasteiger partial charge in [0, 0.05) is 11.8 Å². The first-order valence-electron chi connectivity index (χ1n) is 7.81. The van der Waals surface area contributed by atoms with Gasteiger partial charge in [-0.1, -0.05) is 36.4 Å². The molecule has 0 aromatic heterocycles. The highest BCUT2D eigenvalue weighted by atomic mass is 32.2. The summed E-state index contributed by atoms with van der Waals surface area (Å²) < 4.78 is 5.09. The van der Waals surface area contributed by atoms with Crippen molar-refractivity contribution in [1.29, 1.82) is 0 Å². The molecular weight excluding hydrogens is 352 g/mol. The van der Waals surface area contributed by atoms with Crippen LogP contribution in [0.3, 0.4) is 0 Å². The molecule has 26 heavy (non-hydrogen) atoms. The van der Waals surface area contributed by atoms with E-state index < -0.39 is 17.1 Å². The molecule has 7 heteroatoms. The van der Waals surface area contributed by atoms with Gasteiger partial charge >= 0.3 is 0 Å². The highest BCUT2D eigenvalue weighted by Crippen LogP contribution is 2.32. The summed E-state index contributed by atoms with van der Waals surface area (Å²) in [4.78, 5) is 38.0. The third kappa shape index (κ3) is 4.12. The summed E-state index contributed by atoms with van der Waals surface area (Å²) in [6.07, 6.45) is 1.64. The van der Waals surface area contributed by atoms with E-state index in [9.17, 15) is 14.4 Å². The topological polar surface area (TPSA) is 75.7 Å². The summed E-state index contributed by atoms with van der Waals surface area (Å²) in [5.74, 6) is -0.328. The zero-order chi connectivity index (χ0) is 18.5. The number of hydrogen-bond acceptors (Lipinski definition) is 5. The number of nitrogens with zero attached hydrogens (tertiary/aromatic N) is 1. The number of rotatable bonds is 5. The number of carbonyl (C=O) groups excluding carboxylic acids is 3. The molecule has 2 aromatic carbocycles. The van der Waals surface area contributed by atoms with Crippen molar-refractivity contribution >= 4 is 40.6 Å². The Balaban J connectivity index is 1.67. The zero-order valence-corrected chi connectivity index (χ0v) is 14.8. The van der Waals surface area contributed by atoms with Gasteiger partial charge in [0.2, 0.25) is 5.91 Å². The van der Waals surface area contributed by atoms with Crippen molar-refractivity contribution in [2.45, 2.75) is 0 Å². The average Bonchev–Trinajstić information content (AvgIpc) is 2.90. The number of benzene rings is 2. The molecule has 0 bridgehead atoms. The summed E-state index contributed by atoms with van der Waals surface area (Å²) in [6, 6.07) is 16.1. The molecule has 132 valence electrons. The number of ether oxygens (including phenoxy) is 1. The summed E-state index contributed by atoms with van der Waals surface area (Å²) in [5.41, 5.74) is 1.35. The molecule has 1 saturated heterocycles. The van der Waals surface area contributed by atoms with Crippen LogP contribution in [0.2, 0.25) is 0 Å². The van der Waals surface area contributed by atoms with E-state index >= 15 is 0 Å². The highest BCUT2D eigenvalue weighted by Gasteiger charge is 2.36. The molecule has 1 aliphatic rings. The molecule has 3 amide bonds. The second-order valence-electron chi connectivity index (χ2n) is 5.46. The number of carbonyl (C=O) groups is 3. The summed E-state index contributed by atoms with van der Waals surface area (Å²) in [5, 5.41) is 2.20. The SMILES string of the molecule is COc1cccc(NC(=O)CN2C(=O)S/C(=C/c3ccccc3)C2=O)c1. The quantitative estimate of drug-likeness (QED) is 0.819. The molecule has 1 N–H and O–H groups in total. The third-order valence-corrected chi connectivity index (χ3v) is 4.53. The van der Waals surface area contributed by atoms with Crippen LogP contribution in [0, 0.1) is 0 Å². The maximum atomic E-state index is 12.4. The Morgan fingerprint density at radius 3 is 2.65 bits per heavy atom. The normalized spacial score (nSPS) is 15.4. The van der Waals surface area contributed by atoms with Gasteiger partial charge in [-0.15, -0.1) is 0 Å². The Morgan fingerprint density at radius 1 is 1.15 bits per heavy atom. The van der Waals surface area contributed by atoms with Gasteiger partial charge in [0.25, 0.3) is 11.1 Å². The largest absolute Gasteiger partial charge is 0.497 e. The first-order valence-corrected chi connectivity index (χ1v) is 8.63. The molecule has 0 radical (unpaired) electrons. The first kappa shape index (κ1) is 17.8. The predicted octanol–water partition coefficient (Wildman–Crippen LogP) is 3.37. The summed E-state index contributed by atoms with van der Waals surface area (Å²) in [7, 11) is 1.53. The van der Waals surface area contributed by atoms with Crippen LogP contribution in [0.5, 0.6) is 5.75 Å². The molecule has 6 nitrogen and oxygen atoms in total. The van der Waals surface area contributed by atoms with Crippen molar-refractivity contribution < 1.29 is 19.1 Å². The molecule has 0 atom stereocenters. The van der Waals surface area contributed by atoms with E-state index in [2.05, 4.69) is 5.32 Å². The van der Waals surface area contributed by atoms with E-state index in [0.29, 0.717) is 16.3 Å². The van der Waals surface area contributed by atoms with E-state index in [-0.39, 0.29) is 6.54 Å². The smallest absolute Gasteiger partial charge is 0.294 e. The van der Waals surface area contributed by atoms with Crippen LogP contribution in [0.4, 0.5) is 10.5 Å². The Morgan fingerprint density at radius 2 is 1.92 bits per heavy atom. The summed E-state index contributed by atoms with van der Waals surface area (Å²) in [6.45, 7) is -0.339. The lowest BCUT2D eigenvalue weighted by molar-refractivity contribution is -0.127. The van der Waals surface area contributed by atoms with Crippen LogP contribution in [0.15, 0.2) is 59.5 Å². The number of thioether (sulfide) groups is 1. The van der Waals surface area contributed by atoms with Crippen LogP contribution >= 0.6 is 11.8 Å². The number of imide groups is 1. The molecule has 1 fully saturated rings. The van der Waals surface area contributed by atoms with E-state index in [1.807, 2.05) is 30.3 Å². The number of anilines is 1. The van der Waals surface area contributed by atoms with Crippen LogP contribution in [-0.2, 0) is 9.59 Å². The van der Waals surface area contributed by atoms with Gasteiger partial charge in [0.15, 0.2) is 0 Å². The molecule has 0 saturated carbocycles. The lowest BCUT2D eigenvalue weighted by Gasteiger charge is -2.12. The second-order valence-corrected chi connectivity index (χ2v) is 6.45. The van der Waals surface area contributed by atoms with E-state index in [4.69, 9.17) is 4.74 Å². The Labute approximate surface area is 154 Å². The van der Waals surface area contributed by atoms with Crippen molar-refractivity contribution in [3.05, 3.63) is 65.1 Å². The van der Waals surface area contributed by atoms with Crippen LogP contribution in [0.25, 0.3) is 6.08 Å². The van der Waals surface area contributed by atoms with Crippen LogP contribution in [0.1, 0.15) is 5.56 Å². The summed E-state index contributed by atoms with van der Waals surface area (Å²) >= 11 is 0.830. The molecule has 1 heterocycles. The Bertz CT molecular complexity index is 880. The van der Waals surface area contributed by atoms with Crippen molar-refractivity contribution in [3.8, 4) is 5.75 Å². The predicted molar refractivity (Wildman–Crippen MR) is 101 cm³/mol. The second kappa shape index (κ2) is 7.88. The number of amides is 3. The standard InChI is InChI=1S/C19H16N2O4S/c1-25-15-9-5-8-14(11-15)20-17(22)12-21-18(23)16(26-19(21)24)10-13-6-3-2-4-7-13/h2-11H,12H2,1H3,(H,20,22)/b16-10+. The van der Waals surface area contributed by atoms with Gasteiger partial charge in [-0.05, 0) is 35.5 Å². The first-order chi connectivity index (χ1) is 12.6. The van der Waals surface area contributed by atoms with Gasteiger partial charge in [-0.2, -0.15) is 0 Å². The van der Waals surface area contributed by atoms with Gasteiger partial charge in [0.05, 0.1) is 12.0 Å². The van der Waals surface area contributed by atoms with Crippen molar-refractivity contribution in [2.75, 3.05) is 19.0 Å². The van der Waals surface area contributed by atoms with E-state index in [0.717, 1.165) is 22.2 Å².